The summed E-state index contributed by atoms with van der Waals surface area (Å²) in [6.45, 7) is 10.4. The van der Waals surface area contributed by atoms with E-state index in [0.717, 1.165) is 0 Å². The summed E-state index contributed by atoms with van der Waals surface area (Å²) >= 11 is 0. The van der Waals surface area contributed by atoms with Gasteiger partial charge in [-0.1, -0.05) is 20.1 Å². The SMILES string of the molecule is C=CC(=O)NC(CC)COC(=O)C(=C)C. The van der Waals surface area contributed by atoms with Crippen LogP contribution in [-0.2, 0) is 14.3 Å². The van der Waals surface area contributed by atoms with Crippen molar-refractivity contribution in [1.82, 2.24) is 5.32 Å². The van der Waals surface area contributed by atoms with E-state index in [-0.39, 0.29) is 18.6 Å². The second-order valence-corrected chi connectivity index (χ2v) is 3.20. The Morgan fingerprint density at radius 2 is 2.13 bits per heavy atom. The zero-order chi connectivity index (χ0) is 11.8. The first-order valence-corrected chi connectivity index (χ1v) is 4.76. The van der Waals surface area contributed by atoms with Gasteiger partial charge in [0.25, 0.3) is 0 Å². The smallest absolute Gasteiger partial charge is 0.333 e. The number of hydrogen-bond donors (Lipinski definition) is 1. The Kier molecular flexibility index (Phi) is 6.09. The predicted octanol–water partition coefficient (Wildman–Crippen LogP) is 1.19. The normalized spacial score (nSPS) is 11.3. The highest BCUT2D eigenvalue weighted by molar-refractivity contribution is 5.87. The van der Waals surface area contributed by atoms with Gasteiger partial charge in [-0.15, -0.1) is 0 Å². The molecule has 0 rings (SSSR count). The lowest BCUT2D eigenvalue weighted by Gasteiger charge is -2.15. The number of ether oxygens (including phenoxy) is 1. The van der Waals surface area contributed by atoms with Crippen LogP contribution in [0.4, 0.5) is 0 Å². The predicted molar refractivity (Wildman–Crippen MR) is 58.2 cm³/mol. The first-order valence-electron chi connectivity index (χ1n) is 4.76. The molecule has 0 heterocycles. The van der Waals surface area contributed by atoms with Gasteiger partial charge in [-0.25, -0.2) is 4.79 Å². The highest BCUT2D eigenvalue weighted by Crippen LogP contribution is 1.97. The molecule has 0 spiro atoms. The minimum atomic E-state index is -0.443. The van der Waals surface area contributed by atoms with Gasteiger partial charge < -0.3 is 10.1 Å². The largest absolute Gasteiger partial charge is 0.460 e. The average molecular weight is 211 g/mol. The van der Waals surface area contributed by atoms with Crippen LogP contribution in [0.3, 0.4) is 0 Å². The van der Waals surface area contributed by atoms with E-state index in [0.29, 0.717) is 12.0 Å². The molecule has 1 unspecified atom stereocenters. The molecular weight excluding hydrogens is 194 g/mol. The summed E-state index contributed by atoms with van der Waals surface area (Å²) in [4.78, 5) is 22.0. The molecular formula is C11H17NO3. The summed E-state index contributed by atoms with van der Waals surface area (Å²) in [6.07, 6.45) is 1.87. The summed E-state index contributed by atoms with van der Waals surface area (Å²) in [5.41, 5.74) is 0.347. The zero-order valence-electron chi connectivity index (χ0n) is 9.21. The van der Waals surface area contributed by atoms with Crippen LogP contribution in [0.5, 0.6) is 0 Å². The van der Waals surface area contributed by atoms with Crippen LogP contribution >= 0.6 is 0 Å². The monoisotopic (exact) mass is 211 g/mol. The number of esters is 1. The maximum atomic E-state index is 11.1. The lowest BCUT2D eigenvalue weighted by molar-refractivity contribution is -0.140. The van der Waals surface area contributed by atoms with Crippen molar-refractivity contribution in [1.29, 1.82) is 0 Å². The Balaban J connectivity index is 4.00. The van der Waals surface area contributed by atoms with Gasteiger partial charge in [0.15, 0.2) is 0 Å². The minimum Gasteiger partial charge on any atom is -0.460 e. The zero-order valence-corrected chi connectivity index (χ0v) is 9.21. The van der Waals surface area contributed by atoms with E-state index in [4.69, 9.17) is 4.74 Å². The molecule has 0 saturated heterocycles. The van der Waals surface area contributed by atoms with E-state index in [9.17, 15) is 9.59 Å². The molecule has 0 bridgehead atoms. The van der Waals surface area contributed by atoms with Gasteiger partial charge in [0, 0.05) is 5.57 Å². The summed E-state index contributed by atoms with van der Waals surface area (Å²) in [7, 11) is 0. The summed E-state index contributed by atoms with van der Waals surface area (Å²) in [5.74, 6) is -0.713. The Hall–Kier alpha value is -1.58. The maximum absolute atomic E-state index is 11.1. The van der Waals surface area contributed by atoms with Crippen LogP contribution in [0.2, 0.25) is 0 Å². The molecule has 0 saturated carbocycles. The molecule has 4 nitrogen and oxygen atoms in total. The molecule has 0 fully saturated rings. The average Bonchev–Trinajstić information content (AvgIpc) is 2.22. The molecule has 0 radical (unpaired) electrons. The van der Waals surface area contributed by atoms with Crippen molar-refractivity contribution in [3.8, 4) is 0 Å². The number of carbonyl (C=O) groups excluding carboxylic acids is 2. The molecule has 0 aromatic rings. The van der Waals surface area contributed by atoms with Crippen LogP contribution in [0.1, 0.15) is 20.3 Å². The van der Waals surface area contributed by atoms with Crippen molar-refractivity contribution in [3.63, 3.8) is 0 Å². The Bertz CT molecular complexity index is 271. The van der Waals surface area contributed by atoms with Crippen molar-refractivity contribution in [3.05, 3.63) is 24.8 Å². The van der Waals surface area contributed by atoms with Gasteiger partial charge in [-0.2, -0.15) is 0 Å². The van der Waals surface area contributed by atoms with E-state index in [1.54, 1.807) is 6.92 Å². The fraction of sp³-hybridized carbons (Fsp3) is 0.455. The van der Waals surface area contributed by atoms with Gasteiger partial charge in [0.2, 0.25) is 5.91 Å². The number of amides is 1. The van der Waals surface area contributed by atoms with Crippen LogP contribution in [0, 0.1) is 0 Å². The number of carbonyl (C=O) groups is 2. The van der Waals surface area contributed by atoms with E-state index in [1.807, 2.05) is 6.92 Å². The van der Waals surface area contributed by atoms with Gasteiger partial charge in [0.05, 0.1) is 6.04 Å². The van der Waals surface area contributed by atoms with Crippen molar-refractivity contribution in [2.24, 2.45) is 0 Å². The molecule has 0 aromatic heterocycles. The second-order valence-electron chi connectivity index (χ2n) is 3.20. The molecule has 0 aromatic carbocycles. The van der Waals surface area contributed by atoms with Gasteiger partial charge >= 0.3 is 5.97 Å². The third-order valence-electron chi connectivity index (χ3n) is 1.79. The first-order chi connectivity index (χ1) is 7.01. The molecule has 84 valence electrons. The van der Waals surface area contributed by atoms with E-state index in [1.165, 1.54) is 6.08 Å². The highest BCUT2D eigenvalue weighted by Gasteiger charge is 2.11. The van der Waals surface area contributed by atoms with Crippen molar-refractivity contribution >= 4 is 11.9 Å². The fourth-order valence-corrected chi connectivity index (χ4v) is 0.821. The summed E-state index contributed by atoms with van der Waals surface area (Å²) < 4.78 is 4.91. The Labute approximate surface area is 90.0 Å². The van der Waals surface area contributed by atoms with Crippen LogP contribution in [-0.4, -0.2) is 24.5 Å². The Morgan fingerprint density at radius 3 is 2.53 bits per heavy atom. The molecule has 0 aliphatic rings. The maximum Gasteiger partial charge on any atom is 0.333 e. The molecule has 4 heteroatoms. The van der Waals surface area contributed by atoms with Crippen LogP contribution in [0.25, 0.3) is 0 Å². The molecule has 0 aliphatic carbocycles. The highest BCUT2D eigenvalue weighted by atomic mass is 16.5. The number of rotatable bonds is 6. The third kappa shape index (κ3) is 5.67. The van der Waals surface area contributed by atoms with Crippen molar-refractivity contribution in [2.45, 2.75) is 26.3 Å². The van der Waals surface area contributed by atoms with Crippen LogP contribution < -0.4 is 5.32 Å². The summed E-state index contributed by atoms with van der Waals surface area (Å²) in [5, 5.41) is 2.65. The van der Waals surface area contributed by atoms with Crippen LogP contribution in [0.15, 0.2) is 24.8 Å². The Morgan fingerprint density at radius 1 is 1.53 bits per heavy atom. The number of hydrogen-bond acceptors (Lipinski definition) is 3. The third-order valence-corrected chi connectivity index (χ3v) is 1.79. The van der Waals surface area contributed by atoms with Crippen molar-refractivity contribution < 1.29 is 14.3 Å². The topological polar surface area (TPSA) is 55.4 Å². The van der Waals surface area contributed by atoms with Gasteiger partial charge in [-0.05, 0) is 19.4 Å². The molecule has 15 heavy (non-hydrogen) atoms. The minimum absolute atomic E-state index is 0.155. The van der Waals surface area contributed by atoms with E-state index < -0.39 is 5.97 Å². The first kappa shape index (κ1) is 13.4. The summed E-state index contributed by atoms with van der Waals surface area (Å²) in [6, 6.07) is -0.182. The van der Waals surface area contributed by atoms with Crippen molar-refractivity contribution in [2.75, 3.05) is 6.61 Å². The molecule has 0 aliphatic heterocycles. The standard InChI is InChI=1S/C11H17NO3/c1-5-9(12-10(13)6-2)7-15-11(14)8(3)4/h6,9H,2-3,5,7H2,1,4H3,(H,12,13). The number of nitrogens with one attached hydrogen (secondary N) is 1. The quantitative estimate of drug-likeness (QED) is 0.530. The lowest BCUT2D eigenvalue weighted by atomic mass is 10.2. The van der Waals surface area contributed by atoms with E-state index in [2.05, 4.69) is 18.5 Å². The van der Waals surface area contributed by atoms with Gasteiger partial charge in [0.1, 0.15) is 6.61 Å². The molecule has 1 amide bonds. The fourth-order valence-electron chi connectivity index (χ4n) is 0.821. The lowest BCUT2D eigenvalue weighted by Crippen LogP contribution is -2.37. The van der Waals surface area contributed by atoms with E-state index >= 15 is 0 Å². The van der Waals surface area contributed by atoms with Gasteiger partial charge in [-0.3, -0.25) is 4.79 Å². The molecule has 1 atom stereocenters. The molecule has 1 N–H and O–H groups in total. The second kappa shape index (κ2) is 6.81.